The van der Waals surface area contributed by atoms with Crippen LogP contribution in [0.15, 0.2) is 40.5 Å². The first-order valence-corrected chi connectivity index (χ1v) is 13.7. The molecule has 10 nitrogen and oxygen atoms in total. The molecular weight excluding hydrogens is 492 g/mol. The highest BCUT2D eigenvalue weighted by Crippen LogP contribution is 2.34. The number of rotatable bonds is 9. The zero-order valence-corrected chi connectivity index (χ0v) is 21.6. The highest BCUT2D eigenvalue weighted by molar-refractivity contribution is 7.09. The molecule has 0 saturated carbocycles. The summed E-state index contributed by atoms with van der Waals surface area (Å²) in [5.74, 6) is 2.16. The van der Waals surface area contributed by atoms with E-state index in [1.165, 1.54) is 4.88 Å². The normalized spacial score (nSPS) is 18.1. The molecule has 37 heavy (non-hydrogen) atoms. The van der Waals surface area contributed by atoms with Crippen molar-refractivity contribution >= 4 is 22.2 Å². The van der Waals surface area contributed by atoms with Crippen LogP contribution in [0.5, 0.6) is 11.5 Å². The molecule has 1 fully saturated rings. The number of pyridine rings is 1. The Hall–Kier alpha value is -3.28. The molecule has 2 aliphatic heterocycles. The van der Waals surface area contributed by atoms with Crippen molar-refractivity contribution in [2.75, 3.05) is 19.8 Å². The van der Waals surface area contributed by atoms with Crippen LogP contribution >= 0.6 is 11.3 Å². The molecule has 11 heteroatoms. The van der Waals surface area contributed by atoms with Gasteiger partial charge >= 0.3 is 0 Å². The van der Waals surface area contributed by atoms with Gasteiger partial charge in [0.2, 0.25) is 0 Å². The summed E-state index contributed by atoms with van der Waals surface area (Å²) >= 11 is 1.70. The number of aromatic nitrogens is 5. The number of hydrogen-bond donors (Lipinski definition) is 1. The second-order valence-electron chi connectivity index (χ2n) is 9.47. The van der Waals surface area contributed by atoms with Gasteiger partial charge in [0.15, 0.2) is 17.3 Å². The second kappa shape index (κ2) is 10.6. The molecule has 3 aromatic heterocycles. The topological polar surface area (TPSA) is 107 Å². The second-order valence-corrected chi connectivity index (χ2v) is 10.5. The van der Waals surface area contributed by atoms with Crippen LogP contribution in [0.1, 0.15) is 48.5 Å². The van der Waals surface area contributed by atoms with E-state index in [1.807, 2.05) is 22.9 Å². The van der Waals surface area contributed by atoms with Crippen LogP contribution in [-0.2, 0) is 24.4 Å². The van der Waals surface area contributed by atoms with E-state index in [2.05, 4.69) is 49.8 Å². The molecule has 1 aromatic carbocycles. The van der Waals surface area contributed by atoms with Gasteiger partial charge in [-0.2, -0.15) is 0 Å². The Morgan fingerprint density at radius 1 is 1.19 bits per heavy atom. The number of nitrogens with zero attached hydrogens (tertiary/aromatic N) is 5. The average Bonchev–Trinajstić information content (AvgIpc) is 3.69. The Morgan fingerprint density at radius 3 is 2.81 bits per heavy atom. The van der Waals surface area contributed by atoms with E-state index in [1.54, 1.807) is 11.3 Å². The molecule has 1 N–H and O–H groups in total. The smallest absolute Gasteiger partial charge is 0.252 e. The predicted octanol–water partition coefficient (Wildman–Crippen LogP) is 3.68. The first-order valence-electron chi connectivity index (χ1n) is 12.8. The maximum absolute atomic E-state index is 13.2. The van der Waals surface area contributed by atoms with Crippen molar-refractivity contribution in [1.82, 2.24) is 30.1 Å². The summed E-state index contributed by atoms with van der Waals surface area (Å²) in [4.78, 5) is 19.8. The van der Waals surface area contributed by atoms with Crippen LogP contribution in [0.4, 0.5) is 0 Å². The minimum atomic E-state index is -0.117. The van der Waals surface area contributed by atoms with Crippen molar-refractivity contribution in [3.05, 3.63) is 62.3 Å². The number of tetrazole rings is 1. The molecule has 0 bridgehead atoms. The van der Waals surface area contributed by atoms with Crippen molar-refractivity contribution < 1.29 is 14.2 Å². The molecule has 4 aromatic rings. The predicted molar refractivity (Wildman–Crippen MR) is 139 cm³/mol. The first-order chi connectivity index (χ1) is 18.2. The molecule has 6 rings (SSSR count). The van der Waals surface area contributed by atoms with Gasteiger partial charge in [0, 0.05) is 41.6 Å². The molecule has 0 radical (unpaired) electrons. The van der Waals surface area contributed by atoms with E-state index in [4.69, 9.17) is 14.2 Å². The van der Waals surface area contributed by atoms with E-state index in [9.17, 15) is 4.79 Å². The van der Waals surface area contributed by atoms with Crippen molar-refractivity contribution in [3.63, 3.8) is 0 Å². The molecule has 5 heterocycles. The van der Waals surface area contributed by atoms with Gasteiger partial charge in [-0.05, 0) is 53.3 Å². The van der Waals surface area contributed by atoms with Gasteiger partial charge in [-0.1, -0.05) is 13.0 Å². The molecule has 0 amide bonds. The monoisotopic (exact) mass is 522 g/mol. The Kier molecular flexibility index (Phi) is 6.90. The third-order valence-electron chi connectivity index (χ3n) is 6.98. The summed E-state index contributed by atoms with van der Waals surface area (Å²) in [5, 5.41) is 15.7. The molecule has 0 unspecified atom stereocenters. The lowest BCUT2D eigenvalue weighted by Crippen LogP contribution is -2.33. The minimum absolute atomic E-state index is 0.0751. The largest absolute Gasteiger partial charge is 0.486 e. The Bertz CT molecular complexity index is 1410. The van der Waals surface area contributed by atoms with Gasteiger partial charge in [-0.25, -0.2) is 4.68 Å². The third-order valence-corrected chi connectivity index (χ3v) is 7.84. The summed E-state index contributed by atoms with van der Waals surface area (Å²) in [6.45, 7) is 5.70. The molecule has 0 aliphatic carbocycles. The summed E-state index contributed by atoms with van der Waals surface area (Å²) in [6.07, 6.45) is 3.00. The maximum Gasteiger partial charge on any atom is 0.252 e. The fourth-order valence-corrected chi connectivity index (χ4v) is 5.90. The summed E-state index contributed by atoms with van der Waals surface area (Å²) in [7, 11) is 0. The van der Waals surface area contributed by atoms with Gasteiger partial charge in [0.1, 0.15) is 13.2 Å². The zero-order valence-electron chi connectivity index (χ0n) is 20.8. The van der Waals surface area contributed by atoms with E-state index in [0.717, 1.165) is 42.6 Å². The maximum atomic E-state index is 13.2. The van der Waals surface area contributed by atoms with E-state index in [-0.39, 0.29) is 17.7 Å². The average molecular weight is 523 g/mol. The number of ether oxygens (including phenoxy) is 3. The van der Waals surface area contributed by atoms with Crippen molar-refractivity contribution in [2.24, 2.45) is 0 Å². The Balaban J connectivity index is 1.34. The number of H-pyrrole nitrogens is 1. The van der Waals surface area contributed by atoms with E-state index >= 15 is 0 Å². The SMILES string of the molecule is CC[C@@H](c1nnnn1C[C@H]1CCCO1)N(Cc1cccs1)Cc1cc2cc3c(cc2[nH]c1=O)OCCO3. The molecule has 1 saturated heterocycles. The fourth-order valence-electron chi connectivity index (χ4n) is 5.17. The third kappa shape index (κ3) is 5.11. The summed E-state index contributed by atoms with van der Waals surface area (Å²) < 4.78 is 19.2. The van der Waals surface area contributed by atoms with Crippen LogP contribution in [0.25, 0.3) is 10.9 Å². The Morgan fingerprint density at radius 2 is 2.05 bits per heavy atom. The van der Waals surface area contributed by atoms with Crippen LogP contribution in [0.3, 0.4) is 0 Å². The van der Waals surface area contributed by atoms with Crippen LogP contribution < -0.4 is 15.0 Å². The van der Waals surface area contributed by atoms with Crippen molar-refractivity contribution in [1.29, 1.82) is 0 Å². The number of benzene rings is 1. The number of nitrogens with one attached hydrogen (secondary N) is 1. The molecule has 2 aliphatic rings. The van der Waals surface area contributed by atoms with Gasteiger partial charge in [-0.15, -0.1) is 16.4 Å². The van der Waals surface area contributed by atoms with Crippen molar-refractivity contribution in [2.45, 2.75) is 58.0 Å². The van der Waals surface area contributed by atoms with Gasteiger partial charge in [0.25, 0.3) is 5.56 Å². The number of thiophene rings is 1. The van der Waals surface area contributed by atoms with Crippen LogP contribution in [0, 0.1) is 0 Å². The quantitative estimate of drug-likeness (QED) is 0.355. The fraction of sp³-hybridized carbons (Fsp3) is 0.462. The molecular formula is C26H30N6O4S. The molecule has 2 atom stereocenters. The Labute approximate surface area is 218 Å². The zero-order chi connectivity index (χ0) is 25.2. The summed E-state index contributed by atoms with van der Waals surface area (Å²) in [5.41, 5.74) is 1.29. The molecule has 0 spiro atoms. The number of hydrogen-bond acceptors (Lipinski definition) is 9. The highest BCUT2D eigenvalue weighted by Gasteiger charge is 2.28. The van der Waals surface area contributed by atoms with E-state index < -0.39 is 0 Å². The van der Waals surface area contributed by atoms with Gasteiger partial charge in [0.05, 0.1) is 24.2 Å². The van der Waals surface area contributed by atoms with Gasteiger partial charge in [-0.3, -0.25) is 9.69 Å². The highest BCUT2D eigenvalue weighted by atomic mass is 32.1. The van der Waals surface area contributed by atoms with Gasteiger partial charge < -0.3 is 19.2 Å². The number of aromatic amines is 1. The number of fused-ring (bicyclic) bond motifs is 2. The lowest BCUT2D eigenvalue weighted by Gasteiger charge is -2.30. The van der Waals surface area contributed by atoms with E-state index in [0.29, 0.717) is 49.9 Å². The molecule has 194 valence electrons. The lowest BCUT2D eigenvalue weighted by molar-refractivity contribution is 0.0889. The minimum Gasteiger partial charge on any atom is -0.486 e. The van der Waals surface area contributed by atoms with Crippen LogP contribution in [0.2, 0.25) is 0 Å². The summed E-state index contributed by atoms with van der Waals surface area (Å²) in [6, 6.07) is 9.83. The standard InChI is InChI=1S/C26H30N6O4S/c1-2-22(25-28-29-30-32(25)15-19-5-3-7-34-19)31(16-20-6-4-10-37-20)14-18-11-17-12-23-24(36-9-8-35-23)13-21(17)27-26(18)33/h4,6,10-13,19,22H,2-3,5,7-9,14-16H2,1H3,(H,27,33)/t19-,22+/m1/s1. The van der Waals surface area contributed by atoms with Crippen molar-refractivity contribution in [3.8, 4) is 11.5 Å². The first kappa shape index (κ1) is 24.1. The lowest BCUT2D eigenvalue weighted by atomic mass is 10.1. The van der Waals surface area contributed by atoms with Crippen LogP contribution in [-0.4, -0.2) is 56.0 Å².